The summed E-state index contributed by atoms with van der Waals surface area (Å²) < 4.78 is 23.7. The molecule has 1 saturated heterocycles. The van der Waals surface area contributed by atoms with E-state index >= 15 is 0 Å². The van der Waals surface area contributed by atoms with Crippen LogP contribution in [0.4, 0.5) is 4.79 Å². The fourth-order valence-electron chi connectivity index (χ4n) is 2.71. The number of amides is 1. The van der Waals surface area contributed by atoms with Crippen LogP contribution in [-0.2, 0) is 20.2 Å². The molecular formula is C13H23NO4S. The summed E-state index contributed by atoms with van der Waals surface area (Å²) in [7, 11) is 0. The Balaban J connectivity index is 2.06. The van der Waals surface area contributed by atoms with E-state index in [1.165, 1.54) is 23.6 Å². The van der Waals surface area contributed by atoms with Crippen LogP contribution in [-0.4, -0.2) is 32.9 Å². The Bertz CT molecular complexity index is 360. The van der Waals surface area contributed by atoms with Crippen LogP contribution in [0.3, 0.4) is 0 Å². The van der Waals surface area contributed by atoms with Crippen LogP contribution in [0, 0.1) is 5.92 Å². The van der Waals surface area contributed by atoms with Gasteiger partial charge in [-0.05, 0) is 39.5 Å². The molecule has 5 nitrogen and oxygen atoms in total. The van der Waals surface area contributed by atoms with Crippen LogP contribution < -0.4 is 0 Å². The van der Waals surface area contributed by atoms with Crippen molar-refractivity contribution < 1.29 is 17.9 Å². The molecule has 0 radical (unpaired) electrons. The minimum Gasteiger partial charge on any atom is -0.443 e. The molecule has 6 heteroatoms. The molecular weight excluding hydrogens is 266 g/mol. The maximum Gasteiger partial charge on any atom is 0.424 e. The third kappa shape index (κ3) is 3.69. The van der Waals surface area contributed by atoms with Crippen molar-refractivity contribution in [2.24, 2.45) is 5.92 Å². The summed E-state index contributed by atoms with van der Waals surface area (Å²) >= 11 is -1.70. The van der Waals surface area contributed by atoms with E-state index in [0.717, 1.165) is 12.8 Å². The Hall–Kier alpha value is -0.620. The van der Waals surface area contributed by atoms with Crippen molar-refractivity contribution in [3.05, 3.63) is 0 Å². The van der Waals surface area contributed by atoms with Crippen molar-refractivity contribution in [1.29, 1.82) is 0 Å². The first kappa shape index (κ1) is 14.8. The van der Waals surface area contributed by atoms with Crippen LogP contribution in [0.2, 0.25) is 0 Å². The highest BCUT2D eigenvalue weighted by Crippen LogP contribution is 2.33. The third-order valence-corrected chi connectivity index (χ3v) is 4.65. The van der Waals surface area contributed by atoms with Gasteiger partial charge in [0.25, 0.3) is 11.3 Å². The second-order valence-electron chi connectivity index (χ2n) is 6.27. The summed E-state index contributed by atoms with van der Waals surface area (Å²) in [5.41, 5.74) is -0.582. The smallest absolute Gasteiger partial charge is 0.424 e. The highest BCUT2D eigenvalue weighted by atomic mass is 32.2. The zero-order valence-electron chi connectivity index (χ0n) is 11.9. The van der Waals surface area contributed by atoms with Gasteiger partial charge in [0.15, 0.2) is 0 Å². The first-order valence-corrected chi connectivity index (χ1v) is 7.99. The topological polar surface area (TPSA) is 55.8 Å². The van der Waals surface area contributed by atoms with Gasteiger partial charge in [0, 0.05) is 0 Å². The number of rotatable bonds is 1. The molecule has 2 aliphatic rings. The molecule has 1 unspecified atom stereocenters. The van der Waals surface area contributed by atoms with Gasteiger partial charge < -0.3 is 4.74 Å². The van der Waals surface area contributed by atoms with Crippen molar-refractivity contribution in [2.45, 2.75) is 64.5 Å². The molecule has 1 saturated carbocycles. The fraction of sp³-hybridized carbons (Fsp3) is 0.923. The van der Waals surface area contributed by atoms with E-state index in [0.29, 0.717) is 12.5 Å². The normalized spacial score (nSPS) is 29.5. The Labute approximate surface area is 117 Å². The zero-order chi connectivity index (χ0) is 14.0. The van der Waals surface area contributed by atoms with E-state index in [1.807, 2.05) is 0 Å². The molecule has 2 atom stereocenters. The molecule has 0 N–H and O–H groups in total. The number of ether oxygens (including phenoxy) is 1. The monoisotopic (exact) mass is 289 g/mol. The van der Waals surface area contributed by atoms with E-state index in [9.17, 15) is 9.00 Å². The second kappa shape index (κ2) is 5.79. The van der Waals surface area contributed by atoms with Crippen LogP contribution in [0.15, 0.2) is 0 Å². The van der Waals surface area contributed by atoms with Crippen LogP contribution >= 0.6 is 0 Å². The number of hydrogen-bond donors (Lipinski definition) is 0. The molecule has 0 aromatic heterocycles. The summed E-state index contributed by atoms with van der Waals surface area (Å²) in [6.07, 6.45) is 5.22. The van der Waals surface area contributed by atoms with Gasteiger partial charge in [0.1, 0.15) is 5.60 Å². The number of carbonyl (C=O) groups excluding carboxylic acids is 1. The lowest BCUT2D eigenvalue weighted by molar-refractivity contribution is 0.0310. The van der Waals surface area contributed by atoms with Crippen LogP contribution in [0.25, 0.3) is 0 Å². The lowest BCUT2D eigenvalue weighted by Crippen LogP contribution is -2.44. The summed E-state index contributed by atoms with van der Waals surface area (Å²) in [5.74, 6) is 0.382. The summed E-state index contributed by atoms with van der Waals surface area (Å²) in [6.45, 7) is 5.78. The van der Waals surface area contributed by atoms with Gasteiger partial charge in [-0.25, -0.2) is 9.00 Å². The van der Waals surface area contributed by atoms with Gasteiger partial charge in [0.2, 0.25) is 0 Å². The van der Waals surface area contributed by atoms with Crippen LogP contribution in [0.5, 0.6) is 0 Å². The molecule has 19 heavy (non-hydrogen) atoms. The maximum atomic E-state index is 12.2. The number of carbonyl (C=O) groups is 1. The third-order valence-electron chi connectivity index (χ3n) is 3.57. The van der Waals surface area contributed by atoms with Gasteiger partial charge >= 0.3 is 6.09 Å². The van der Waals surface area contributed by atoms with Gasteiger partial charge in [-0.1, -0.05) is 19.3 Å². The SMILES string of the molecule is CC(C)(C)OC(=O)N1[C@@H](C2CCCCC2)COS1=O. The van der Waals surface area contributed by atoms with E-state index in [-0.39, 0.29) is 6.04 Å². The van der Waals surface area contributed by atoms with Gasteiger partial charge in [-0.15, -0.1) is 0 Å². The lowest BCUT2D eigenvalue weighted by Gasteiger charge is -2.32. The Morgan fingerprint density at radius 2 is 1.89 bits per heavy atom. The van der Waals surface area contributed by atoms with Gasteiger partial charge in [-0.2, -0.15) is 4.31 Å². The van der Waals surface area contributed by atoms with E-state index < -0.39 is 23.0 Å². The van der Waals surface area contributed by atoms with Crippen LogP contribution in [0.1, 0.15) is 52.9 Å². The number of hydrogen-bond acceptors (Lipinski definition) is 4. The molecule has 0 spiro atoms. The molecule has 1 aliphatic heterocycles. The lowest BCUT2D eigenvalue weighted by atomic mass is 9.84. The standard InChI is InChI=1S/C13H23NO4S/c1-13(2,3)18-12(15)14-11(9-17-19(14)16)10-7-5-4-6-8-10/h10-11H,4-9H2,1-3H3/t11-,19?/m1/s1. The van der Waals surface area contributed by atoms with E-state index in [1.54, 1.807) is 20.8 Å². The molecule has 1 heterocycles. The highest BCUT2D eigenvalue weighted by molar-refractivity contribution is 7.78. The predicted molar refractivity (Wildman–Crippen MR) is 72.5 cm³/mol. The predicted octanol–water partition coefficient (Wildman–Crippen LogP) is 2.78. The van der Waals surface area contributed by atoms with E-state index in [2.05, 4.69) is 0 Å². The average Bonchev–Trinajstić information content (AvgIpc) is 2.70. The highest BCUT2D eigenvalue weighted by Gasteiger charge is 2.43. The van der Waals surface area contributed by atoms with E-state index in [4.69, 9.17) is 8.92 Å². The molecule has 2 rings (SSSR count). The fourth-order valence-corrected chi connectivity index (χ4v) is 3.70. The molecule has 1 aliphatic carbocycles. The quantitative estimate of drug-likeness (QED) is 0.745. The zero-order valence-corrected chi connectivity index (χ0v) is 12.7. The van der Waals surface area contributed by atoms with Crippen molar-refractivity contribution >= 4 is 17.4 Å². The molecule has 110 valence electrons. The van der Waals surface area contributed by atoms with Crippen molar-refractivity contribution in [3.8, 4) is 0 Å². The van der Waals surface area contributed by atoms with Crippen molar-refractivity contribution in [1.82, 2.24) is 4.31 Å². The molecule has 0 aromatic rings. The molecule has 2 fully saturated rings. The first-order valence-electron chi connectivity index (χ1n) is 6.96. The molecule has 1 amide bonds. The minimum absolute atomic E-state index is 0.101. The minimum atomic E-state index is -1.70. The average molecular weight is 289 g/mol. The Morgan fingerprint density at radius 3 is 2.47 bits per heavy atom. The Morgan fingerprint density at radius 1 is 1.26 bits per heavy atom. The first-order chi connectivity index (χ1) is 8.88. The summed E-state index contributed by atoms with van der Waals surface area (Å²) in [4.78, 5) is 12.2. The largest absolute Gasteiger partial charge is 0.443 e. The summed E-state index contributed by atoms with van der Waals surface area (Å²) in [5, 5.41) is 0. The molecule has 0 aromatic carbocycles. The maximum absolute atomic E-state index is 12.2. The molecule has 0 bridgehead atoms. The number of nitrogens with zero attached hydrogens (tertiary/aromatic N) is 1. The second-order valence-corrected chi connectivity index (χ2v) is 7.34. The van der Waals surface area contributed by atoms with Gasteiger partial charge in [0.05, 0.1) is 12.6 Å². The van der Waals surface area contributed by atoms with Crippen molar-refractivity contribution in [2.75, 3.05) is 6.61 Å². The summed E-state index contributed by atoms with van der Waals surface area (Å²) in [6, 6.07) is -0.101. The van der Waals surface area contributed by atoms with Crippen molar-refractivity contribution in [3.63, 3.8) is 0 Å². The Kier molecular flexibility index (Phi) is 4.50. The van der Waals surface area contributed by atoms with Gasteiger partial charge in [-0.3, -0.25) is 4.18 Å².